The third-order valence-corrected chi connectivity index (χ3v) is 3.04. The van der Waals surface area contributed by atoms with Crippen LogP contribution in [-0.4, -0.2) is 30.2 Å². The summed E-state index contributed by atoms with van der Waals surface area (Å²) in [7, 11) is 0. The van der Waals surface area contributed by atoms with Gasteiger partial charge in [0.2, 0.25) is 0 Å². The van der Waals surface area contributed by atoms with Crippen LogP contribution in [0.1, 0.15) is 17.3 Å². The number of nitrogens with zero attached hydrogens (tertiary/aromatic N) is 4. The second-order valence-corrected chi connectivity index (χ2v) is 4.12. The van der Waals surface area contributed by atoms with Gasteiger partial charge in [-0.05, 0) is 25.1 Å². The van der Waals surface area contributed by atoms with Crippen molar-refractivity contribution in [3.8, 4) is 11.4 Å². The van der Waals surface area contributed by atoms with Gasteiger partial charge in [0.05, 0.1) is 23.1 Å². The van der Waals surface area contributed by atoms with Crippen LogP contribution in [-0.2, 0) is 6.54 Å². The first kappa shape index (κ1) is 11.5. The van der Waals surface area contributed by atoms with Crippen molar-refractivity contribution in [2.24, 2.45) is 0 Å². The fourth-order valence-electron chi connectivity index (χ4n) is 2.11. The molecule has 3 heterocycles. The molecule has 0 radical (unpaired) electrons. The van der Waals surface area contributed by atoms with E-state index in [1.54, 1.807) is 30.7 Å². The van der Waals surface area contributed by atoms with Crippen LogP contribution in [0, 0.1) is 0 Å². The number of carboxylic acid groups (broad SMARTS) is 1. The van der Waals surface area contributed by atoms with Gasteiger partial charge in [0.1, 0.15) is 5.65 Å². The van der Waals surface area contributed by atoms with Gasteiger partial charge in [-0.1, -0.05) is 0 Å². The van der Waals surface area contributed by atoms with Crippen LogP contribution in [0.2, 0.25) is 0 Å². The third-order valence-electron chi connectivity index (χ3n) is 3.04. The van der Waals surface area contributed by atoms with E-state index >= 15 is 0 Å². The minimum absolute atomic E-state index is 0.230. The smallest absolute Gasteiger partial charge is 0.335 e. The molecule has 6 heteroatoms. The Morgan fingerprint density at radius 2 is 2.21 bits per heavy atom. The van der Waals surface area contributed by atoms with E-state index in [0.717, 1.165) is 17.9 Å². The Morgan fingerprint density at radius 3 is 2.95 bits per heavy atom. The molecule has 1 N–H and O–H groups in total. The largest absolute Gasteiger partial charge is 0.478 e. The third kappa shape index (κ3) is 1.77. The van der Waals surface area contributed by atoms with E-state index in [9.17, 15) is 4.79 Å². The molecular weight excluding hydrogens is 244 g/mol. The first-order valence-electron chi connectivity index (χ1n) is 5.93. The summed E-state index contributed by atoms with van der Waals surface area (Å²) in [6.07, 6.45) is 5.18. The number of aromatic nitrogens is 4. The summed E-state index contributed by atoms with van der Waals surface area (Å²) >= 11 is 0. The molecule has 0 spiro atoms. The Morgan fingerprint density at radius 1 is 1.37 bits per heavy atom. The van der Waals surface area contributed by atoms with Gasteiger partial charge in [-0.3, -0.25) is 9.08 Å². The van der Waals surface area contributed by atoms with Crippen LogP contribution < -0.4 is 0 Å². The molecule has 0 aromatic carbocycles. The molecule has 6 nitrogen and oxygen atoms in total. The molecule has 0 fully saturated rings. The normalized spacial score (nSPS) is 11.0. The molecule has 0 aliphatic carbocycles. The van der Waals surface area contributed by atoms with Crippen LogP contribution in [0.25, 0.3) is 17.0 Å². The van der Waals surface area contributed by atoms with E-state index in [2.05, 4.69) is 10.1 Å². The number of imidazole rings is 1. The van der Waals surface area contributed by atoms with E-state index in [4.69, 9.17) is 5.11 Å². The van der Waals surface area contributed by atoms with Gasteiger partial charge in [0.15, 0.2) is 0 Å². The first-order valence-corrected chi connectivity index (χ1v) is 5.93. The summed E-state index contributed by atoms with van der Waals surface area (Å²) in [5, 5.41) is 13.2. The maximum absolute atomic E-state index is 10.9. The molecule has 3 rings (SSSR count). The fourth-order valence-corrected chi connectivity index (χ4v) is 2.11. The van der Waals surface area contributed by atoms with E-state index in [1.807, 2.05) is 22.1 Å². The molecular formula is C13H12N4O2. The highest BCUT2D eigenvalue weighted by molar-refractivity contribution is 5.88. The quantitative estimate of drug-likeness (QED) is 0.777. The molecule has 19 heavy (non-hydrogen) atoms. The summed E-state index contributed by atoms with van der Waals surface area (Å²) in [6.45, 7) is 2.78. The summed E-state index contributed by atoms with van der Waals surface area (Å²) in [4.78, 5) is 15.2. The number of carbonyl (C=O) groups is 1. The highest BCUT2D eigenvalue weighted by Gasteiger charge is 2.11. The molecule has 0 aliphatic rings. The Balaban J connectivity index is 2.19. The van der Waals surface area contributed by atoms with Crippen molar-refractivity contribution in [3.05, 3.63) is 42.4 Å². The molecule has 0 bridgehead atoms. The number of aryl methyl sites for hydroxylation is 1. The van der Waals surface area contributed by atoms with Crippen LogP contribution in [0.15, 0.2) is 36.8 Å². The SMILES string of the molecule is CCn1nccc1-c1cnc2cc(C(=O)O)ccn12. The predicted octanol–water partition coefficient (Wildman–Crippen LogP) is 1.92. The lowest BCUT2D eigenvalue weighted by Gasteiger charge is -2.04. The van der Waals surface area contributed by atoms with Crippen LogP contribution in [0.4, 0.5) is 0 Å². The Kier molecular flexibility index (Phi) is 2.56. The number of hydrogen-bond acceptors (Lipinski definition) is 3. The molecule has 0 saturated carbocycles. The van der Waals surface area contributed by atoms with Crippen LogP contribution in [0.5, 0.6) is 0 Å². The van der Waals surface area contributed by atoms with Gasteiger partial charge in [-0.2, -0.15) is 5.10 Å². The number of hydrogen-bond donors (Lipinski definition) is 1. The molecule has 0 unspecified atom stereocenters. The van der Waals surface area contributed by atoms with Gasteiger partial charge >= 0.3 is 5.97 Å². The zero-order valence-electron chi connectivity index (χ0n) is 10.3. The van der Waals surface area contributed by atoms with E-state index < -0.39 is 5.97 Å². The molecule has 0 atom stereocenters. The van der Waals surface area contributed by atoms with Crippen molar-refractivity contribution >= 4 is 11.6 Å². The minimum atomic E-state index is -0.953. The second kappa shape index (κ2) is 4.24. The van der Waals surface area contributed by atoms with Gasteiger partial charge in [-0.25, -0.2) is 9.78 Å². The molecule has 3 aromatic heterocycles. The first-order chi connectivity index (χ1) is 9.20. The van der Waals surface area contributed by atoms with Gasteiger partial charge in [0.25, 0.3) is 0 Å². The summed E-state index contributed by atoms with van der Waals surface area (Å²) in [5.74, 6) is -0.953. The van der Waals surface area contributed by atoms with Gasteiger partial charge in [-0.15, -0.1) is 0 Å². The predicted molar refractivity (Wildman–Crippen MR) is 69.0 cm³/mol. The highest BCUT2D eigenvalue weighted by atomic mass is 16.4. The topological polar surface area (TPSA) is 72.4 Å². The molecule has 96 valence electrons. The van der Waals surface area contributed by atoms with Crippen LogP contribution in [0.3, 0.4) is 0 Å². The van der Waals surface area contributed by atoms with Gasteiger partial charge in [0, 0.05) is 18.9 Å². The van der Waals surface area contributed by atoms with Crippen molar-refractivity contribution in [2.75, 3.05) is 0 Å². The lowest BCUT2D eigenvalue weighted by atomic mass is 10.2. The number of aromatic carboxylic acids is 1. The average molecular weight is 256 g/mol. The molecule has 0 aliphatic heterocycles. The number of rotatable bonds is 3. The zero-order valence-corrected chi connectivity index (χ0v) is 10.3. The van der Waals surface area contributed by atoms with Crippen LogP contribution >= 0.6 is 0 Å². The number of carboxylic acids is 1. The van der Waals surface area contributed by atoms with E-state index in [-0.39, 0.29) is 5.56 Å². The molecule has 0 amide bonds. The van der Waals surface area contributed by atoms with E-state index in [1.165, 1.54) is 0 Å². The molecule has 0 saturated heterocycles. The number of fused-ring (bicyclic) bond motifs is 1. The molecule has 3 aromatic rings. The fraction of sp³-hybridized carbons (Fsp3) is 0.154. The Labute approximate surface area is 108 Å². The van der Waals surface area contributed by atoms with E-state index in [0.29, 0.717) is 5.65 Å². The zero-order chi connectivity index (χ0) is 13.4. The monoisotopic (exact) mass is 256 g/mol. The van der Waals surface area contributed by atoms with Gasteiger partial charge < -0.3 is 5.11 Å². The summed E-state index contributed by atoms with van der Waals surface area (Å²) in [6, 6.07) is 5.03. The van der Waals surface area contributed by atoms with Crippen molar-refractivity contribution in [1.29, 1.82) is 0 Å². The maximum atomic E-state index is 10.9. The minimum Gasteiger partial charge on any atom is -0.478 e. The van der Waals surface area contributed by atoms with Crippen molar-refractivity contribution < 1.29 is 9.90 Å². The Hall–Kier alpha value is -2.63. The maximum Gasteiger partial charge on any atom is 0.335 e. The second-order valence-electron chi connectivity index (χ2n) is 4.12. The average Bonchev–Trinajstić information content (AvgIpc) is 3.03. The summed E-state index contributed by atoms with van der Waals surface area (Å²) < 4.78 is 3.73. The highest BCUT2D eigenvalue weighted by Crippen LogP contribution is 2.21. The van der Waals surface area contributed by atoms with Crippen molar-refractivity contribution in [1.82, 2.24) is 19.2 Å². The van der Waals surface area contributed by atoms with Crippen molar-refractivity contribution in [2.45, 2.75) is 13.5 Å². The summed E-state index contributed by atoms with van der Waals surface area (Å²) in [5.41, 5.74) is 2.69. The lowest BCUT2D eigenvalue weighted by molar-refractivity contribution is 0.0697. The van der Waals surface area contributed by atoms with Crippen molar-refractivity contribution in [3.63, 3.8) is 0 Å². The standard InChI is InChI=1S/C13H12N4O2/c1-2-17-10(3-5-15-17)11-8-14-12-7-9(13(18)19)4-6-16(11)12/h3-8H,2H2,1H3,(H,18,19). The lowest BCUT2D eigenvalue weighted by Crippen LogP contribution is -2.01. The Bertz CT molecular complexity index is 757. The number of pyridine rings is 1.